The maximum absolute atomic E-state index is 6.20. The second-order valence-corrected chi connectivity index (χ2v) is 6.99. The van der Waals surface area contributed by atoms with Crippen LogP contribution in [0.4, 0.5) is 5.82 Å². The number of aromatic amines is 1. The van der Waals surface area contributed by atoms with Crippen molar-refractivity contribution in [1.29, 1.82) is 0 Å². The number of rotatable bonds is 3. The average molecular weight is 341 g/mol. The number of fused-ring (bicyclic) bond motifs is 1. The molecule has 0 amide bonds. The van der Waals surface area contributed by atoms with Crippen molar-refractivity contribution in [1.82, 2.24) is 25.5 Å². The number of hydrogen-bond donors (Lipinski definition) is 3. The summed E-state index contributed by atoms with van der Waals surface area (Å²) in [5.74, 6) is 1.96. The van der Waals surface area contributed by atoms with Crippen molar-refractivity contribution < 1.29 is 4.74 Å². The number of aromatic nitrogens is 4. The van der Waals surface area contributed by atoms with Crippen LogP contribution in [0, 0.1) is 0 Å². The van der Waals surface area contributed by atoms with Crippen LogP contribution in [0.3, 0.4) is 0 Å². The van der Waals surface area contributed by atoms with Crippen molar-refractivity contribution in [2.24, 2.45) is 5.73 Å². The molecule has 0 unspecified atom stereocenters. The van der Waals surface area contributed by atoms with Gasteiger partial charge in [-0.1, -0.05) is 12.2 Å². The standard InChI is InChI=1S/C17H23N7O/c1-11-4-3-7-19-15(11)25-16-13-14(22-23-16)21-12(10-20-13)24-8-5-17(2,18)6-9-24/h3-4,10,19H,5-9,18H2,1-2H3,(H,21,22,23). The van der Waals surface area contributed by atoms with E-state index in [1.54, 1.807) is 6.20 Å². The van der Waals surface area contributed by atoms with Gasteiger partial charge >= 0.3 is 0 Å². The van der Waals surface area contributed by atoms with Gasteiger partial charge in [0.25, 0.3) is 5.88 Å². The number of nitrogens with zero attached hydrogens (tertiary/aromatic N) is 4. The molecule has 132 valence electrons. The Bertz CT molecular complexity index is 842. The zero-order valence-electron chi connectivity index (χ0n) is 14.5. The fourth-order valence-electron chi connectivity index (χ4n) is 3.06. The van der Waals surface area contributed by atoms with Gasteiger partial charge in [0.1, 0.15) is 5.82 Å². The largest absolute Gasteiger partial charge is 0.419 e. The summed E-state index contributed by atoms with van der Waals surface area (Å²) in [7, 11) is 0. The topological polar surface area (TPSA) is 105 Å². The molecular formula is C17H23N7O. The van der Waals surface area contributed by atoms with Crippen molar-refractivity contribution >= 4 is 17.0 Å². The first kappa shape index (κ1) is 15.9. The number of nitrogens with one attached hydrogen (secondary N) is 2. The Morgan fingerprint density at radius 2 is 2.12 bits per heavy atom. The molecule has 0 spiro atoms. The number of dihydropyridines is 1. The van der Waals surface area contributed by atoms with Crippen LogP contribution >= 0.6 is 0 Å². The zero-order valence-corrected chi connectivity index (χ0v) is 14.5. The fraction of sp³-hybridized carbons (Fsp3) is 0.471. The van der Waals surface area contributed by atoms with Crippen molar-refractivity contribution in [3.05, 3.63) is 29.8 Å². The molecule has 25 heavy (non-hydrogen) atoms. The van der Waals surface area contributed by atoms with Crippen LogP contribution in [0.2, 0.25) is 0 Å². The third-order valence-corrected chi connectivity index (χ3v) is 4.76. The van der Waals surface area contributed by atoms with Crippen molar-refractivity contribution in [3.8, 4) is 5.88 Å². The highest BCUT2D eigenvalue weighted by Gasteiger charge is 2.27. The summed E-state index contributed by atoms with van der Waals surface area (Å²) in [6, 6.07) is 0. The molecule has 2 aromatic rings. The van der Waals surface area contributed by atoms with Gasteiger partial charge in [0.2, 0.25) is 0 Å². The molecule has 8 heteroatoms. The van der Waals surface area contributed by atoms with Gasteiger partial charge in [-0.25, -0.2) is 9.97 Å². The minimum atomic E-state index is -0.0872. The van der Waals surface area contributed by atoms with Crippen LogP contribution < -0.4 is 20.7 Å². The number of anilines is 1. The molecule has 4 heterocycles. The molecule has 2 aliphatic heterocycles. The number of hydrogen-bond acceptors (Lipinski definition) is 7. The van der Waals surface area contributed by atoms with Crippen LogP contribution in [0.25, 0.3) is 11.2 Å². The summed E-state index contributed by atoms with van der Waals surface area (Å²) < 4.78 is 5.88. The van der Waals surface area contributed by atoms with E-state index in [1.807, 2.05) is 19.1 Å². The second-order valence-electron chi connectivity index (χ2n) is 6.99. The second kappa shape index (κ2) is 6.03. The summed E-state index contributed by atoms with van der Waals surface area (Å²) in [4.78, 5) is 11.4. The molecule has 0 saturated carbocycles. The Morgan fingerprint density at radius 1 is 1.32 bits per heavy atom. The molecule has 0 aromatic carbocycles. The molecule has 0 aliphatic carbocycles. The maximum atomic E-state index is 6.20. The van der Waals surface area contributed by atoms with Crippen LogP contribution in [-0.2, 0) is 0 Å². The number of H-pyrrole nitrogens is 1. The third kappa shape index (κ3) is 3.17. The van der Waals surface area contributed by atoms with Gasteiger partial charge < -0.3 is 20.7 Å². The fourth-order valence-corrected chi connectivity index (χ4v) is 3.06. The Morgan fingerprint density at radius 3 is 2.88 bits per heavy atom. The van der Waals surface area contributed by atoms with E-state index in [0.717, 1.165) is 43.9 Å². The summed E-state index contributed by atoms with van der Waals surface area (Å²) in [5.41, 5.74) is 8.38. The van der Waals surface area contributed by atoms with Crippen molar-refractivity contribution in [2.75, 3.05) is 24.5 Å². The van der Waals surface area contributed by atoms with Crippen molar-refractivity contribution in [3.63, 3.8) is 0 Å². The minimum absolute atomic E-state index is 0.0872. The lowest BCUT2D eigenvalue weighted by molar-refractivity contribution is 0.363. The number of piperidine rings is 1. The zero-order chi connectivity index (χ0) is 17.4. The molecule has 2 aromatic heterocycles. The van der Waals surface area contributed by atoms with E-state index >= 15 is 0 Å². The van der Waals surface area contributed by atoms with Crippen molar-refractivity contribution in [2.45, 2.75) is 32.2 Å². The average Bonchev–Trinajstić information content (AvgIpc) is 2.99. The van der Waals surface area contributed by atoms with E-state index < -0.39 is 0 Å². The first-order valence-electron chi connectivity index (χ1n) is 8.56. The number of ether oxygens (including phenoxy) is 1. The van der Waals surface area contributed by atoms with E-state index in [4.69, 9.17) is 10.5 Å². The highest BCUT2D eigenvalue weighted by Crippen LogP contribution is 2.26. The van der Waals surface area contributed by atoms with Gasteiger partial charge in [-0.2, -0.15) is 0 Å². The van der Waals surface area contributed by atoms with Crippen LogP contribution in [0.1, 0.15) is 26.7 Å². The number of allylic oxidation sites excluding steroid dienone is 2. The Balaban J connectivity index is 1.56. The SMILES string of the molecule is CC1=C(Oc2n[nH]c3nc(N4CCC(C)(N)CC4)cnc23)NCC=C1. The lowest BCUT2D eigenvalue weighted by Gasteiger charge is -2.37. The maximum Gasteiger partial charge on any atom is 0.267 e. The van der Waals surface area contributed by atoms with Gasteiger partial charge in [-0.15, -0.1) is 5.10 Å². The minimum Gasteiger partial charge on any atom is -0.419 e. The monoisotopic (exact) mass is 341 g/mol. The molecular weight excluding hydrogens is 318 g/mol. The van der Waals surface area contributed by atoms with Crippen LogP contribution in [0.5, 0.6) is 5.88 Å². The summed E-state index contributed by atoms with van der Waals surface area (Å²) in [6.07, 6.45) is 7.72. The Hall–Kier alpha value is -2.61. The quantitative estimate of drug-likeness (QED) is 0.776. The van der Waals surface area contributed by atoms with E-state index in [9.17, 15) is 0 Å². The van der Waals surface area contributed by atoms with E-state index in [-0.39, 0.29) is 5.54 Å². The van der Waals surface area contributed by atoms with Gasteiger partial charge in [0.15, 0.2) is 17.0 Å². The van der Waals surface area contributed by atoms with Gasteiger partial charge in [-0.3, -0.25) is 5.10 Å². The molecule has 4 rings (SSSR count). The molecule has 0 radical (unpaired) electrons. The van der Waals surface area contributed by atoms with Gasteiger partial charge in [0, 0.05) is 30.7 Å². The summed E-state index contributed by atoms with van der Waals surface area (Å²) >= 11 is 0. The third-order valence-electron chi connectivity index (χ3n) is 4.76. The molecule has 1 saturated heterocycles. The van der Waals surface area contributed by atoms with Gasteiger partial charge in [0.05, 0.1) is 6.20 Å². The normalized spacial score (nSPS) is 20.0. The molecule has 1 fully saturated rings. The van der Waals surface area contributed by atoms with E-state index in [0.29, 0.717) is 22.9 Å². The smallest absolute Gasteiger partial charge is 0.267 e. The van der Waals surface area contributed by atoms with Crippen LogP contribution in [0.15, 0.2) is 29.8 Å². The van der Waals surface area contributed by atoms with Crippen LogP contribution in [-0.4, -0.2) is 45.3 Å². The molecule has 0 bridgehead atoms. The lowest BCUT2D eigenvalue weighted by Crippen LogP contribution is -2.48. The van der Waals surface area contributed by atoms with E-state index in [1.165, 1.54) is 0 Å². The first-order chi connectivity index (χ1) is 12.0. The van der Waals surface area contributed by atoms with Gasteiger partial charge in [-0.05, 0) is 26.7 Å². The highest BCUT2D eigenvalue weighted by atomic mass is 16.5. The molecule has 2 aliphatic rings. The summed E-state index contributed by atoms with van der Waals surface area (Å²) in [6.45, 7) is 6.58. The molecule has 0 atom stereocenters. The summed E-state index contributed by atoms with van der Waals surface area (Å²) in [5, 5.41) is 10.3. The predicted octanol–water partition coefficient (Wildman–Crippen LogP) is 1.44. The Labute approximate surface area is 146 Å². The highest BCUT2D eigenvalue weighted by molar-refractivity contribution is 5.77. The first-order valence-corrected chi connectivity index (χ1v) is 8.56. The molecule has 8 nitrogen and oxygen atoms in total. The Kier molecular flexibility index (Phi) is 3.84. The lowest BCUT2D eigenvalue weighted by atomic mass is 9.91. The number of nitrogens with two attached hydrogens (primary N) is 1. The van der Waals surface area contributed by atoms with E-state index in [2.05, 4.69) is 37.3 Å². The molecule has 4 N–H and O–H groups in total. The predicted molar refractivity (Wildman–Crippen MR) is 96.2 cm³/mol.